The molecule has 0 aromatic heterocycles. The van der Waals surface area contributed by atoms with E-state index in [1.165, 1.54) is 7.11 Å². The van der Waals surface area contributed by atoms with Crippen molar-refractivity contribution in [1.29, 1.82) is 0 Å². The predicted molar refractivity (Wildman–Crippen MR) is 54.5 cm³/mol. The molecule has 0 spiro atoms. The number of ether oxygens (including phenoxy) is 1. The highest BCUT2D eigenvalue weighted by Crippen LogP contribution is 2.28. The highest BCUT2D eigenvalue weighted by molar-refractivity contribution is 7.91. The molecule has 6 nitrogen and oxygen atoms in total. The van der Waals surface area contributed by atoms with Crippen molar-refractivity contribution < 1.29 is 27.9 Å². The topological polar surface area (TPSA) is 97.7 Å². The zero-order valence-corrected chi connectivity index (χ0v) is 9.70. The monoisotopic (exact) mass is 250 g/mol. The zero-order valence-electron chi connectivity index (χ0n) is 8.88. The molecule has 7 heteroatoms. The van der Waals surface area contributed by atoms with E-state index in [9.17, 15) is 18.0 Å². The first-order chi connectivity index (χ1) is 7.35. The first-order valence-corrected chi connectivity index (χ1v) is 6.68. The van der Waals surface area contributed by atoms with Crippen molar-refractivity contribution in [3.63, 3.8) is 0 Å². The van der Waals surface area contributed by atoms with E-state index in [-0.39, 0.29) is 24.3 Å². The van der Waals surface area contributed by atoms with E-state index in [2.05, 4.69) is 4.74 Å². The van der Waals surface area contributed by atoms with Crippen LogP contribution in [0.5, 0.6) is 0 Å². The van der Waals surface area contributed by atoms with Crippen LogP contribution in [0.2, 0.25) is 0 Å². The lowest BCUT2D eigenvalue weighted by atomic mass is 9.88. The van der Waals surface area contributed by atoms with Crippen molar-refractivity contribution in [1.82, 2.24) is 0 Å². The Balaban J connectivity index is 2.80. The Hall–Kier alpha value is -1.11. The lowest BCUT2D eigenvalue weighted by Gasteiger charge is -2.27. The van der Waals surface area contributed by atoms with Gasteiger partial charge in [-0.15, -0.1) is 0 Å². The molecule has 0 aliphatic carbocycles. The molecule has 1 N–H and O–H groups in total. The molecule has 1 fully saturated rings. The van der Waals surface area contributed by atoms with Gasteiger partial charge < -0.3 is 9.84 Å². The lowest BCUT2D eigenvalue weighted by molar-refractivity contribution is -0.146. The number of rotatable bonds is 3. The number of methoxy groups -OCH3 is 1. The van der Waals surface area contributed by atoms with Crippen LogP contribution in [0.4, 0.5) is 0 Å². The van der Waals surface area contributed by atoms with Gasteiger partial charge in [-0.3, -0.25) is 9.59 Å². The first-order valence-electron chi connectivity index (χ1n) is 4.86. The number of esters is 1. The molecule has 0 saturated carbocycles. The van der Waals surface area contributed by atoms with Gasteiger partial charge in [0.25, 0.3) is 0 Å². The van der Waals surface area contributed by atoms with Gasteiger partial charge in [0.1, 0.15) is 0 Å². The van der Waals surface area contributed by atoms with Crippen LogP contribution in [0.3, 0.4) is 0 Å². The van der Waals surface area contributed by atoms with Crippen molar-refractivity contribution in [3.05, 3.63) is 0 Å². The second-order valence-corrected chi connectivity index (χ2v) is 6.12. The van der Waals surface area contributed by atoms with Gasteiger partial charge in [-0.05, 0) is 12.3 Å². The van der Waals surface area contributed by atoms with Crippen LogP contribution in [-0.2, 0) is 24.2 Å². The van der Waals surface area contributed by atoms with Crippen LogP contribution >= 0.6 is 0 Å². The minimum atomic E-state index is -3.22. The average Bonchev–Trinajstić information content (AvgIpc) is 2.15. The Morgan fingerprint density at radius 1 is 1.44 bits per heavy atom. The molecule has 0 radical (unpaired) electrons. The number of sulfone groups is 1. The zero-order chi connectivity index (χ0) is 12.3. The summed E-state index contributed by atoms with van der Waals surface area (Å²) in [4.78, 5) is 21.9. The van der Waals surface area contributed by atoms with Crippen molar-refractivity contribution in [3.8, 4) is 0 Å². The third-order valence-corrected chi connectivity index (χ3v) is 4.54. The minimum absolute atomic E-state index is 0.0688. The van der Waals surface area contributed by atoms with E-state index in [0.717, 1.165) is 0 Å². The van der Waals surface area contributed by atoms with E-state index in [4.69, 9.17) is 5.11 Å². The van der Waals surface area contributed by atoms with E-state index < -0.39 is 33.6 Å². The third kappa shape index (κ3) is 3.19. The summed E-state index contributed by atoms with van der Waals surface area (Å²) in [6, 6.07) is 0. The SMILES string of the molecule is COC(=O)C[C@H]1CS(=O)(=O)CC[C@H]1C(=O)O. The molecule has 16 heavy (non-hydrogen) atoms. The van der Waals surface area contributed by atoms with Gasteiger partial charge >= 0.3 is 11.9 Å². The lowest BCUT2D eigenvalue weighted by Crippen LogP contribution is -2.38. The Kier molecular flexibility index (Phi) is 3.90. The summed E-state index contributed by atoms with van der Waals surface area (Å²) >= 11 is 0. The number of hydrogen-bond acceptors (Lipinski definition) is 5. The number of carbonyl (C=O) groups is 2. The molecule has 0 aromatic carbocycles. The van der Waals surface area contributed by atoms with E-state index in [1.54, 1.807) is 0 Å². The largest absolute Gasteiger partial charge is 0.481 e. The average molecular weight is 250 g/mol. The van der Waals surface area contributed by atoms with Crippen LogP contribution < -0.4 is 0 Å². The van der Waals surface area contributed by atoms with Gasteiger partial charge in [0.2, 0.25) is 0 Å². The number of hydrogen-bond donors (Lipinski definition) is 1. The summed E-state index contributed by atoms with van der Waals surface area (Å²) in [5.41, 5.74) is 0. The van der Waals surface area contributed by atoms with Crippen molar-refractivity contribution in [2.24, 2.45) is 11.8 Å². The summed E-state index contributed by atoms with van der Waals surface area (Å²) in [5.74, 6) is -3.45. The van der Waals surface area contributed by atoms with Crippen LogP contribution in [0.25, 0.3) is 0 Å². The number of carbonyl (C=O) groups excluding carboxylic acids is 1. The smallest absolute Gasteiger partial charge is 0.306 e. The second kappa shape index (κ2) is 4.82. The Morgan fingerprint density at radius 2 is 2.06 bits per heavy atom. The maximum atomic E-state index is 11.4. The maximum absolute atomic E-state index is 11.4. The summed E-state index contributed by atoms with van der Waals surface area (Å²) in [7, 11) is -2.03. The molecule has 2 atom stereocenters. The van der Waals surface area contributed by atoms with Crippen LogP contribution in [0, 0.1) is 11.8 Å². The summed E-state index contributed by atoms with van der Waals surface area (Å²) in [6.07, 6.45) is -0.0912. The molecule has 1 aliphatic rings. The molecular formula is C9H14O6S. The quantitative estimate of drug-likeness (QED) is 0.690. The minimum Gasteiger partial charge on any atom is -0.481 e. The molecule has 1 saturated heterocycles. The first kappa shape index (κ1) is 13.0. The van der Waals surface area contributed by atoms with Gasteiger partial charge in [0.15, 0.2) is 9.84 Å². The molecule has 0 unspecified atom stereocenters. The van der Waals surface area contributed by atoms with Gasteiger partial charge in [-0.2, -0.15) is 0 Å². The normalized spacial score (nSPS) is 28.3. The van der Waals surface area contributed by atoms with Crippen LogP contribution in [0.1, 0.15) is 12.8 Å². The van der Waals surface area contributed by atoms with E-state index in [1.807, 2.05) is 0 Å². The number of aliphatic carboxylic acids is 1. The predicted octanol–water partition coefficient (Wildman–Crippen LogP) is -0.315. The van der Waals surface area contributed by atoms with Gasteiger partial charge in [0.05, 0.1) is 31.0 Å². The van der Waals surface area contributed by atoms with Crippen LogP contribution in [-0.4, -0.2) is 44.1 Å². The van der Waals surface area contributed by atoms with Crippen molar-refractivity contribution in [2.75, 3.05) is 18.6 Å². The Morgan fingerprint density at radius 3 is 2.56 bits per heavy atom. The van der Waals surface area contributed by atoms with Gasteiger partial charge in [0, 0.05) is 0 Å². The molecule has 0 aromatic rings. The third-order valence-electron chi connectivity index (χ3n) is 2.75. The van der Waals surface area contributed by atoms with Crippen molar-refractivity contribution in [2.45, 2.75) is 12.8 Å². The number of carboxylic acids is 1. The molecule has 0 bridgehead atoms. The molecule has 1 heterocycles. The van der Waals surface area contributed by atoms with Crippen molar-refractivity contribution >= 4 is 21.8 Å². The fraction of sp³-hybridized carbons (Fsp3) is 0.778. The van der Waals surface area contributed by atoms with E-state index in [0.29, 0.717) is 0 Å². The number of carboxylic acid groups (broad SMARTS) is 1. The highest BCUT2D eigenvalue weighted by Gasteiger charge is 2.38. The van der Waals surface area contributed by atoms with Gasteiger partial charge in [-0.25, -0.2) is 8.42 Å². The van der Waals surface area contributed by atoms with E-state index >= 15 is 0 Å². The molecule has 1 rings (SSSR count). The molecular weight excluding hydrogens is 236 g/mol. The highest BCUT2D eigenvalue weighted by atomic mass is 32.2. The summed E-state index contributed by atoms with van der Waals surface area (Å²) in [5, 5.41) is 8.92. The molecule has 1 aliphatic heterocycles. The Bertz CT molecular complexity index is 385. The fourth-order valence-electron chi connectivity index (χ4n) is 1.89. The fourth-order valence-corrected chi connectivity index (χ4v) is 3.67. The maximum Gasteiger partial charge on any atom is 0.306 e. The van der Waals surface area contributed by atoms with Gasteiger partial charge in [-0.1, -0.05) is 0 Å². The van der Waals surface area contributed by atoms with Crippen LogP contribution in [0.15, 0.2) is 0 Å². The molecule has 92 valence electrons. The summed E-state index contributed by atoms with van der Waals surface area (Å²) < 4.78 is 27.1. The molecule has 0 amide bonds. The Labute approximate surface area is 93.5 Å². The summed E-state index contributed by atoms with van der Waals surface area (Å²) in [6.45, 7) is 0. The standard InChI is InChI=1S/C9H14O6S/c1-15-8(10)4-6-5-16(13,14)3-2-7(6)9(11)12/h6-7H,2-5H2,1H3,(H,11,12)/t6-,7+/m0/s1. The second-order valence-electron chi connectivity index (χ2n) is 3.89.